The fourth-order valence-corrected chi connectivity index (χ4v) is 2.33. The van der Waals surface area contributed by atoms with Crippen LogP contribution in [0.15, 0.2) is 33.5 Å². The quantitative estimate of drug-likeness (QED) is 0.877. The van der Waals surface area contributed by atoms with Gasteiger partial charge in [-0.05, 0) is 24.6 Å². The molecule has 3 rings (SSSR count). The maximum absolute atomic E-state index is 11.4. The van der Waals surface area contributed by atoms with Crippen LogP contribution in [0.4, 0.5) is 0 Å². The first-order valence-electron chi connectivity index (χ1n) is 6.13. The molecule has 1 fully saturated rings. The summed E-state index contributed by atoms with van der Waals surface area (Å²) in [4.78, 5) is 22.2. The summed E-state index contributed by atoms with van der Waals surface area (Å²) in [5.74, 6) is -0.784. The lowest BCUT2D eigenvalue weighted by Gasteiger charge is -2.08. The van der Waals surface area contributed by atoms with Crippen molar-refractivity contribution in [2.45, 2.75) is 6.42 Å². The topological polar surface area (TPSA) is 76.7 Å². The van der Waals surface area contributed by atoms with Gasteiger partial charge in [-0.15, -0.1) is 0 Å². The molecule has 2 unspecified atom stereocenters. The third-order valence-electron chi connectivity index (χ3n) is 3.36. The first-order valence-corrected chi connectivity index (χ1v) is 6.51. The lowest BCUT2D eigenvalue weighted by molar-refractivity contribution is -0.138. The first kappa shape index (κ1) is 13.0. The molecule has 0 amide bonds. The van der Waals surface area contributed by atoms with Crippen LogP contribution in [0, 0.1) is 11.8 Å². The zero-order valence-corrected chi connectivity index (χ0v) is 11.1. The van der Waals surface area contributed by atoms with Crippen LogP contribution in [0.1, 0.15) is 6.42 Å². The molecule has 1 heterocycles. The van der Waals surface area contributed by atoms with Crippen molar-refractivity contribution < 1.29 is 19.1 Å². The van der Waals surface area contributed by atoms with Gasteiger partial charge in [-0.25, -0.2) is 4.79 Å². The fourth-order valence-electron chi connectivity index (χ4n) is 2.16. The predicted octanol–water partition coefficient (Wildman–Crippen LogP) is 2.55. The predicted molar refractivity (Wildman–Crippen MR) is 72.2 cm³/mol. The van der Waals surface area contributed by atoms with E-state index in [4.69, 9.17) is 25.9 Å². The molecule has 6 heteroatoms. The van der Waals surface area contributed by atoms with Gasteiger partial charge in [-0.3, -0.25) is 4.79 Å². The molecule has 0 bridgehead atoms. The number of halogens is 1. The van der Waals surface area contributed by atoms with Gasteiger partial charge in [-0.1, -0.05) is 11.6 Å². The van der Waals surface area contributed by atoms with Gasteiger partial charge in [0.1, 0.15) is 11.3 Å². The Morgan fingerprint density at radius 2 is 2.25 bits per heavy atom. The molecule has 1 aliphatic carbocycles. The number of carboxylic acid groups (broad SMARTS) is 1. The van der Waals surface area contributed by atoms with E-state index >= 15 is 0 Å². The molecule has 1 N–H and O–H groups in total. The van der Waals surface area contributed by atoms with Crippen LogP contribution in [-0.4, -0.2) is 17.7 Å². The summed E-state index contributed by atoms with van der Waals surface area (Å²) in [6.45, 7) is 0.266. The number of hydrogen-bond acceptors (Lipinski definition) is 4. The minimum absolute atomic E-state index is 0.00557. The molecule has 104 valence electrons. The number of benzene rings is 1. The Bertz CT molecular complexity index is 736. The Balaban J connectivity index is 1.85. The number of carbonyl (C=O) groups is 1. The summed E-state index contributed by atoms with van der Waals surface area (Å²) < 4.78 is 10.6. The van der Waals surface area contributed by atoms with E-state index in [1.165, 1.54) is 6.07 Å². The largest absolute Gasteiger partial charge is 0.492 e. The van der Waals surface area contributed by atoms with Crippen molar-refractivity contribution in [1.82, 2.24) is 0 Å². The van der Waals surface area contributed by atoms with E-state index in [2.05, 4.69) is 0 Å². The van der Waals surface area contributed by atoms with Crippen molar-refractivity contribution in [2.75, 3.05) is 6.61 Å². The fraction of sp³-hybridized carbons (Fsp3) is 0.286. The van der Waals surface area contributed by atoms with Crippen molar-refractivity contribution in [2.24, 2.45) is 11.8 Å². The van der Waals surface area contributed by atoms with E-state index in [-0.39, 0.29) is 18.4 Å². The summed E-state index contributed by atoms with van der Waals surface area (Å²) in [6.07, 6.45) is 0.607. The van der Waals surface area contributed by atoms with E-state index in [0.29, 0.717) is 28.2 Å². The van der Waals surface area contributed by atoms with E-state index in [9.17, 15) is 9.59 Å². The Morgan fingerprint density at radius 3 is 2.95 bits per heavy atom. The van der Waals surface area contributed by atoms with Crippen LogP contribution in [-0.2, 0) is 4.79 Å². The second-order valence-electron chi connectivity index (χ2n) is 4.82. The van der Waals surface area contributed by atoms with Crippen molar-refractivity contribution >= 4 is 28.5 Å². The van der Waals surface area contributed by atoms with Crippen molar-refractivity contribution in [3.63, 3.8) is 0 Å². The summed E-state index contributed by atoms with van der Waals surface area (Å²) in [5.41, 5.74) is -0.122. The van der Waals surface area contributed by atoms with Crippen LogP contribution < -0.4 is 10.4 Å². The molecule has 2 atom stereocenters. The normalized spacial score (nSPS) is 20.9. The van der Waals surface area contributed by atoms with Gasteiger partial charge in [0, 0.05) is 10.9 Å². The van der Waals surface area contributed by atoms with Crippen molar-refractivity contribution in [3.8, 4) is 5.75 Å². The van der Waals surface area contributed by atoms with Crippen molar-refractivity contribution in [3.05, 3.63) is 39.7 Å². The lowest BCUT2D eigenvalue weighted by atomic mass is 10.2. The number of hydrogen-bond donors (Lipinski definition) is 1. The summed E-state index contributed by atoms with van der Waals surface area (Å²) in [6, 6.07) is 6.12. The highest BCUT2D eigenvalue weighted by molar-refractivity contribution is 6.31. The third kappa shape index (κ3) is 2.49. The summed E-state index contributed by atoms with van der Waals surface area (Å²) in [7, 11) is 0. The van der Waals surface area contributed by atoms with Crippen molar-refractivity contribution in [1.29, 1.82) is 0 Å². The Kier molecular flexibility index (Phi) is 3.14. The third-order valence-corrected chi connectivity index (χ3v) is 3.59. The number of aliphatic carboxylic acids is 1. The zero-order chi connectivity index (χ0) is 14.3. The monoisotopic (exact) mass is 294 g/mol. The van der Waals surface area contributed by atoms with Crippen LogP contribution >= 0.6 is 11.6 Å². The molecule has 2 aromatic rings. The molecular weight excluding hydrogens is 284 g/mol. The number of fused-ring (bicyclic) bond motifs is 1. The van der Waals surface area contributed by atoms with Gasteiger partial charge in [0.2, 0.25) is 0 Å². The van der Waals surface area contributed by atoms with Crippen LogP contribution in [0.5, 0.6) is 5.75 Å². The van der Waals surface area contributed by atoms with Gasteiger partial charge in [0.15, 0.2) is 0 Å². The van der Waals surface area contributed by atoms with Gasteiger partial charge >= 0.3 is 11.6 Å². The number of rotatable bonds is 4. The lowest BCUT2D eigenvalue weighted by Crippen LogP contribution is -2.08. The average molecular weight is 295 g/mol. The molecule has 0 spiro atoms. The van der Waals surface area contributed by atoms with E-state index in [1.807, 2.05) is 0 Å². The van der Waals surface area contributed by atoms with E-state index < -0.39 is 11.6 Å². The van der Waals surface area contributed by atoms with E-state index in [0.717, 1.165) is 0 Å². The highest BCUT2D eigenvalue weighted by Crippen LogP contribution is 2.39. The standard InChI is InChI=1S/C14H11ClO5/c15-8-1-2-11-10(4-8)12(5-13(16)20-11)19-6-7-3-9(7)14(17)18/h1-2,4-5,7,9H,3,6H2,(H,17,18). The highest BCUT2D eigenvalue weighted by atomic mass is 35.5. The Hall–Kier alpha value is -2.01. The highest BCUT2D eigenvalue weighted by Gasteiger charge is 2.43. The molecule has 0 aliphatic heterocycles. The van der Waals surface area contributed by atoms with Crippen LogP contribution in [0.2, 0.25) is 5.02 Å². The van der Waals surface area contributed by atoms with E-state index in [1.54, 1.807) is 18.2 Å². The molecule has 1 aromatic heterocycles. The number of ether oxygens (including phenoxy) is 1. The summed E-state index contributed by atoms with van der Waals surface area (Å²) >= 11 is 5.92. The maximum atomic E-state index is 11.4. The van der Waals surface area contributed by atoms with Gasteiger partial charge in [0.05, 0.1) is 24.0 Å². The first-order chi connectivity index (χ1) is 9.54. The van der Waals surface area contributed by atoms with Crippen LogP contribution in [0.3, 0.4) is 0 Å². The molecule has 0 saturated heterocycles. The van der Waals surface area contributed by atoms with Gasteiger partial charge in [0.25, 0.3) is 0 Å². The number of carboxylic acids is 1. The van der Waals surface area contributed by atoms with Crippen LogP contribution in [0.25, 0.3) is 11.0 Å². The minimum atomic E-state index is -0.806. The summed E-state index contributed by atoms with van der Waals surface area (Å²) in [5, 5.41) is 9.94. The molecule has 1 aliphatic rings. The second-order valence-corrected chi connectivity index (χ2v) is 5.26. The Morgan fingerprint density at radius 1 is 1.45 bits per heavy atom. The maximum Gasteiger partial charge on any atom is 0.339 e. The minimum Gasteiger partial charge on any atom is -0.492 e. The average Bonchev–Trinajstić information content (AvgIpc) is 3.16. The zero-order valence-electron chi connectivity index (χ0n) is 10.3. The molecular formula is C14H11ClO5. The molecule has 1 saturated carbocycles. The Labute approximate surface area is 118 Å². The second kappa shape index (κ2) is 4.83. The molecule has 1 aromatic carbocycles. The van der Waals surface area contributed by atoms with Gasteiger partial charge < -0.3 is 14.3 Å². The SMILES string of the molecule is O=C(O)C1CC1COc1cc(=O)oc2ccc(Cl)cc12. The smallest absolute Gasteiger partial charge is 0.339 e. The molecule has 20 heavy (non-hydrogen) atoms. The molecule has 5 nitrogen and oxygen atoms in total. The van der Waals surface area contributed by atoms with Gasteiger partial charge in [-0.2, -0.15) is 0 Å². The molecule has 0 radical (unpaired) electrons.